The van der Waals surface area contributed by atoms with E-state index in [1.807, 2.05) is 54.6 Å². The molecule has 12 heteroatoms. The zero-order valence-electron chi connectivity index (χ0n) is 22.8. The van der Waals surface area contributed by atoms with Gasteiger partial charge in [-0.25, -0.2) is 4.98 Å². The quantitative estimate of drug-likeness (QED) is 0.142. The first kappa shape index (κ1) is 29.4. The van der Waals surface area contributed by atoms with E-state index in [0.29, 0.717) is 0 Å². The predicted octanol–water partition coefficient (Wildman–Crippen LogP) is 1.18. The molecule has 41 heavy (non-hydrogen) atoms. The van der Waals surface area contributed by atoms with Crippen molar-refractivity contribution < 1.29 is 24.4 Å². The van der Waals surface area contributed by atoms with E-state index in [2.05, 4.69) is 30.9 Å². The van der Waals surface area contributed by atoms with Crippen LogP contribution in [0.3, 0.4) is 0 Å². The average Bonchev–Trinajstić information content (AvgIpc) is 3.38. The summed E-state index contributed by atoms with van der Waals surface area (Å²) in [6.45, 7) is 3.49. The molecule has 0 aliphatic rings. The second kappa shape index (κ2) is 13.7. The lowest BCUT2D eigenvalue weighted by atomic mass is 9.73. The van der Waals surface area contributed by atoms with E-state index in [-0.39, 0.29) is 24.5 Å². The number of H-pyrrole nitrogens is 1. The van der Waals surface area contributed by atoms with Crippen LogP contribution in [0.25, 0.3) is 10.9 Å². The summed E-state index contributed by atoms with van der Waals surface area (Å²) in [6, 6.07) is 14.6. The van der Waals surface area contributed by atoms with Crippen LogP contribution in [0.5, 0.6) is 0 Å². The molecule has 0 saturated heterocycles. The number of hydrogen-bond acceptors (Lipinski definition) is 7. The molecule has 2 heterocycles. The minimum Gasteiger partial charge on any atom is -0.426 e. The fourth-order valence-electron chi connectivity index (χ4n) is 4.56. The molecule has 0 aliphatic heterocycles. The first-order chi connectivity index (χ1) is 19.7. The van der Waals surface area contributed by atoms with Gasteiger partial charge in [0.2, 0.25) is 11.8 Å². The van der Waals surface area contributed by atoms with Crippen molar-refractivity contribution in [2.24, 2.45) is 5.92 Å². The molecule has 3 atom stereocenters. The fraction of sp³-hybridized carbons (Fsp3) is 0.276. The molecule has 0 radical (unpaired) electrons. The van der Waals surface area contributed by atoms with E-state index in [1.54, 1.807) is 20.0 Å². The Labute approximate surface area is 238 Å². The Hall–Kier alpha value is -4.55. The highest BCUT2D eigenvalue weighted by molar-refractivity contribution is 6.43. The number of aromatic nitrogens is 3. The Morgan fingerprint density at radius 2 is 1.56 bits per heavy atom. The molecule has 2 aromatic carbocycles. The Kier molecular flexibility index (Phi) is 9.83. The monoisotopic (exact) mass is 556 g/mol. The normalized spacial score (nSPS) is 13.3. The summed E-state index contributed by atoms with van der Waals surface area (Å²) in [4.78, 5) is 51.3. The van der Waals surface area contributed by atoms with Gasteiger partial charge < -0.3 is 31.0 Å². The highest BCUT2D eigenvalue weighted by Crippen LogP contribution is 2.19. The third-order valence-electron chi connectivity index (χ3n) is 6.78. The van der Waals surface area contributed by atoms with Crippen molar-refractivity contribution in [1.82, 2.24) is 30.9 Å². The molecule has 0 saturated carbocycles. The summed E-state index contributed by atoms with van der Waals surface area (Å²) in [5.41, 5.74) is 2.51. The number of carbonyl (C=O) groups is 3. The Morgan fingerprint density at radius 1 is 0.878 bits per heavy atom. The van der Waals surface area contributed by atoms with Gasteiger partial charge in [-0.05, 0) is 23.1 Å². The summed E-state index contributed by atoms with van der Waals surface area (Å²) in [6.07, 6.45) is 6.17. The van der Waals surface area contributed by atoms with E-state index >= 15 is 0 Å². The number of nitrogens with one attached hydrogen (secondary N) is 4. The number of fused-ring (bicyclic) bond motifs is 1. The molecule has 3 amide bonds. The van der Waals surface area contributed by atoms with Gasteiger partial charge in [-0.15, -0.1) is 0 Å². The molecule has 6 N–H and O–H groups in total. The lowest BCUT2D eigenvalue weighted by Gasteiger charge is -2.27. The lowest BCUT2D eigenvalue weighted by molar-refractivity contribution is -0.130. The van der Waals surface area contributed by atoms with Crippen molar-refractivity contribution in [2.75, 3.05) is 0 Å². The molecule has 4 rings (SSSR count). The third kappa shape index (κ3) is 7.77. The molecule has 0 bridgehead atoms. The van der Waals surface area contributed by atoms with Crippen LogP contribution >= 0.6 is 0 Å². The number of aromatic amines is 1. The van der Waals surface area contributed by atoms with Crippen molar-refractivity contribution in [3.05, 3.63) is 96.2 Å². The second-order valence-corrected chi connectivity index (χ2v) is 10.1. The van der Waals surface area contributed by atoms with Gasteiger partial charge in [-0.3, -0.25) is 19.4 Å². The number of amides is 3. The van der Waals surface area contributed by atoms with Crippen LogP contribution in [0.1, 0.15) is 35.5 Å². The predicted molar refractivity (Wildman–Crippen MR) is 154 cm³/mol. The molecule has 11 nitrogen and oxygen atoms in total. The molecular weight excluding hydrogens is 523 g/mol. The zero-order chi connectivity index (χ0) is 29.4. The molecule has 0 spiro atoms. The van der Waals surface area contributed by atoms with Crippen LogP contribution in [0.4, 0.5) is 0 Å². The van der Waals surface area contributed by atoms with Crippen molar-refractivity contribution in [2.45, 2.75) is 44.7 Å². The van der Waals surface area contributed by atoms with Crippen LogP contribution in [0.15, 0.2) is 79.4 Å². The Bertz CT molecular complexity index is 1460. The van der Waals surface area contributed by atoms with E-state index in [4.69, 9.17) is 0 Å². The number of rotatable bonds is 12. The SMILES string of the molecule is CC(C)C(NC(=O)[C@H](Cc1ccccc1)NC(=O)[C@H](Cc1c[nH]c2ccccc12)NC(=O)c1cnccn1)B(O)O. The van der Waals surface area contributed by atoms with Crippen LogP contribution in [0.2, 0.25) is 0 Å². The maximum Gasteiger partial charge on any atom is 0.475 e. The molecule has 2 aromatic heterocycles. The van der Waals surface area contributed by atoms with E-state index in [0.717, 1.165) is 22.0 Å². The number of para-hydroxylation sites is 1. The van der Waals surface area contributed by atoms with E-state index in [1.165, 1.54) is 18.6 Å². The highest BCUT2D eigenvalue weighted by atomic mass is 16.4. The van der Waals surface area contributed by atoms with Crippen LogP contribution in [0, 0.1) is 5.92 Å². The Morgan fingerprint density at radius 3 is 2.24 bits per heavy atom. The zero-order valence-corrected chi connectivity index (χ0v) is 22.8. The number of benzene rings is 2. The van der Waals surface area contributed by atoms with Gasteiger partial charge >= 0.3 is 7.12 Å². The first-order valence-electron chi connectivity index (χ1n) is 13.4. The first-order valence-corrected chi connectivity index (χ1v) is 13.4. The second-order valence-electron chi connectivity index (χ2n) is 10.1. The lowest BCUT2D eigenvalue weighted by Crippen LogP contribution is -2.58. The van der Waals surface area contributed by atoms with Gasteiger partial charge in [-0.2, -0.15) is 0 Å². The van der Waals surface area contributed by atoms with Gasteiger partial charge in [0.05, 0.1) is 12.1 Å². The van der Waals surface area contributed by atoms with Crippen molar-refractivity contribution in [3.8, 4) is 0 Å². The van der Waals surface area contributed by atoms with Crippen molar-refractivity contribution in [3.63, 3.8) is 0 Å². The molecule has 1 unspecified atom stereocenters. The van der Waals surface area contributed by atoms with Crippen LogP contribution in [-0.2, 0) is 22.4 Å². The van der Waals surface area contributed by atoms with Gasteiger partial charge in [0.15, 0.2) is 0 Å². The number of hydrogen-bond donors (Lipinski definition) is 6. The smallest absolute Gasteiger partial charge is 0.426 e. The maximum absolute atomic E-state index is 13.8. The minimum absolute atomic E-state index is 0.0412. The van der Waals surface area contributed by atoms with Crippen LogP contribution in [-0.4, -0.2) is 67.9 Å². The minimum atomic E-state index is -1.78. The van der Waals surface area contributed by atoms with Gasteiger partial charge in [0, 0.05) is 42.3 Å². The number of carbonyl (C=O) groups excluding carboxylic acids is 3. The van der Waals surface area contributed by atoms with E-state index < -0.39 is 42.9 Å². The van der Waals surface area contributed by atoms with Gasteiger partial charge in [-0.1, -0.05) is 62.4 Å². The standard InChI is InChI=1S/C29H33BN6O5/c1-18(2)26(30(40)41)36-28(38)23(14-19-8-4-3-5-9-19)34-27(37)24(35-29(39)25-17-31-12-13-32-25)15-20-16-33-22-11-7-6-10-21(20)22/h3-13,16-18,23-24,26,33,40-41H,14-15H2,1-2H3,(H,34,37)(H,35,39)(H,36,38)/t23-,24-,26?/m0/s1. The fourth-order valence-corrected chi connectivity index (χ4v) is 4.56. The summed E-state index contributed by atoms with van der Waals surface area (Å²) in [7, 11) is -1.78. The summed E-state index contributed by atoms with van der Waals surface area (Å²) >= 11 is 0. The van der Waals surface area contributed by atoms with Crippen LogP contribution < -0.4 is 16.0 Å². The molecule has 212 valence electrons. The third-order valence-corrected chi connectivity index (χ3v) is 6.78. The number of nitrogens with zero attached hydrogens (tertiary/aromatic N) is 2. The molecule has 0 aliphatic carbocycles. The molecule has 4 aromatic rings. The topological polar surface area (TPSA) is 169 Å². The molecule has 0 fully saturated rings. The van der Waals surface area contributed by atoms with Gasteiger partial charge in [0.25, 0.3) is 5.91 Å². The average molecular weight is 556 g/mol. The van der Waals surface area contributed by atoms with Crippen molar-refractivity contribution in [1.29, 1.82) is 0 Å². The van der Waals surface area contributed by atoms with E-state index in [9.17, 15) is 24.4 Å². The van der Waals surface area contributed by atoms with Gasteiger partial charge in [0.1, 0.15) is 17.8 Å². The maximum atomic E-state index is 13.8. The Balaban J connectivity index is 1.61. The van der Waals surface area contributed by atoms with Crippen molar-refractivity contribution >= 4 is 35.7 Å². The molecular formula is C29H33BN6O5. The largest absolute Gasteiger partial charge is 0.475 e. The summed E-state index contributed by atoms with van der Waals surface area (Å²) in [5.74, 6) is -3.00. The summed E-state index contributed by atoms with van der Waals surface area (Å²) < 4.78 is 0. The highest BCUT2D eigenvalue weighted by Gasteiger charge is 2.33. The summed E-state index contributed by atoms with van der Waals surface area (Å²) in [5, 5.41) is 28.7.